The number of benzene rings is 2. The van der Waals surface area contributed by atoms with Crippen LogP contribution in [0, 0.1) is 17.8 Å². The fourth-order valence-corrected chi connectivity index (χ4v) is 7.58. The lowest BCUT2D eigenvalue weighted by Gasteiger charge is -2.57. The molecule has 29 heavy (non-hydrogen) atoms. The van der Waals surface area contributed by atoms with Gasteiger partial charge in [0, 0.05) is 15.4 Å². The summed E-state index contributed by atoms with van der Waals surface area (Å²) in [5.41, 5.74) is 2.55. The molecule has 2 aromatic rings. The van der Waals surface area contributed by atoms with Crippen LogP contribution >= 0.6 is 11.8 Å². The topological polar surface area (TPSA) is 46.5 Å². The number of methoxy groups -OCH3 is 1. The van der Waals surface area contributed by atoms with Gasteiger partial charge in [-0.1, -0.05) is 23.9 Å². The maximum Gasteiger partial charge on any atom is 0.307 e. The monoisotopic (exact) mass is 408 g/mol. The van der Waals surface area contributed by atoms with E-state index in [0.717, 1.165) is 34.0 Å². The van der Waals surface area contributed by atoms with Crippen LogP contribution in [0.25, 0.3) is 0 Å². The molecule has 0 spiro atoms. The van der Waals surface area contributed by atoms with Gasteiger partial charge >= 0.3 is 5.97 Å². The minimum Gasteiger partial charge on any atom is -0.496 e. The van der Waals surface area contributed by atoms with Crippen molar-refractivity contribution in [3.8, 4) is 5.75 Å². The summed E-state index contributed by atoms with van der Waals surface area (Å²) in [5, 5.41) is 9.07. The van der Waals surface area contributed by atoms with E-state index in [1.165, 1.54) is 49.0 Å². The summed E-state index contributed by atoms with van der Waals surface area (Å²) in [6.07, 6.45) is 8.33. The fraction of sp³-hybridized carbons (Fsp3) is 0.480. The molecule has 2 aromatic carbocycles. The van der Waals surface area contributed by atoms with Gasteiger partial charge in [-0.05, 0) is 97.6 Å². The molecule has 0 radical (unpaired) electrons. The molecule has 4 heteroatoms. The predicted molar refractivity (Wildman–Crippen MR) is 115 cm³/mol. The average molecular weight is 409 g/mol. The number of hydrogen-bond acceptors (Lipinski definition) is 3. The fourth-order valence-electron chi connectivity index (χ4n) is 6.64. The number of carboxylic acid groups (broad SMARTS) is 1. The highest BCUT2D eigenvalue weighted by molar-refractivity contribution is 7.99. The zero-order chi connectivity index (χ0) is 20.0. The molecule has 6 rings (SSSR count). The van der Waals surface area contributed by atoms with Gasteiger partial charge in [-0.15, -0.1) is 0 Å². The van der Waals surface area contributed by atoms with Gasteiger partial charge in [0.2, 0.25) is 0 Å². The number of carboxylic acids is 1. The van der Waals surface area contributed by atoms with Crippen LogP contribution < -0.4 is 4.74 Å². The highest BCUT2D eigenvalue weighted by atomic mass is 32.2. The van der Waals surface area contributed by atoms with Gasteiger partial charge in [0.25, 0.3) is 0 Å². The summed E-state index contributed by atoms with van der Waals surface area (Å²) in [6, 6.07) is 14.5. The van der Waals surface area contributed by atoms with Gasteiger partial charge in [0.15, 0.2) is 0 Å². The van der Waals surface area contributed by atoms with Crippen molar-refractivity contribution in [1.82, 2.24) is 0 Å². The Labute approximate surface area is 176 Å². The van der Waals surface area contributed by atoms with E-state index < -0.39 is 5.97 Å². The lowest BCUT2D eigenvalue weighted by Crippen LogP contribution is -2.48. The highest BCUT2D eigenvalue weighted by Gasteiger charge is 2.52. The Kier molecular flexibility index (Phi) is 4.85. The van der Waals surface area contributed by atoms with Crippen LogP contribution in [-0.2, 0) is 16.6 Å². The number of hydrogen-bond donors (Lipinski definition) is 1. The second kappa shape index (κ2) is 7.39. The van der Waals surface area contributed by atoms with E-state index in [-0.39, 0.29) is 6.42 Å². The molecule has 4 saturated carbocycles. The Bertz CT molecular complexity index is 900. The first kappa shape index (κ1) is 19.0. The maximum atomic E-state index is 11.0. The van der Waals surface area contributed by atoms with Gasteiger partial charge < -0.3 is 9.84 Å². The van der Waals surface area contributed by atoms with Crippen LogP contribution in [-0.4, -0.2) is 18.2 Å². The van der Waals surface area contributed by atoms with Gasteiger partial charge in [-0.3, -0.25) is 4.79 Å². The first-order valence-electron chi connectivity index (χ1n) is 10.7. The molecule has 152 valence electrons. The van der Waals surface area contributed by atoms with Gasteiger partial charge in [-0.25, -0.2) is 0 Å². The van der Waals surface area contributed by atoms with Gasteiger partial charge in [0.1, 0.15) is 5.75 Å². The summed E-state index contributed by atoms with van der Waals surface area (Å²) < 4.78 is 5.83. The maximum absolute atomic E-state index is 11.0. The molecule has 0 heterocycles. The minimum atomic E-state index is -0.791. The van der Waals surface area contributed by atoms with Crippen molar-refractivity contribution in [1.29, 1.82) is 0 Å². The molecule has 4 aliphatic carbocycles. The molecule has 4 bridgehead atoms. The minimum absolute atomic E-state index is 0.0650. The van der Waals surface area contributed by atoms with Crippen molar-refractivity contribution in [2.75, 3.05) is 7.11 Å². The molecule has 0 aliphatic heterocycles. The predicted octanol–water partition coefficient (Wildman–Crippen LogP) is 5.94. The van der Waals surface area contributed by atoms with Crippen LogP contribution in [0.1, 0.15) is 49.7 Å². The van der Waals surface area contributed by atoms with Crippen molar-refractivity contribution in [3.05, 3.63) is 53.6 Å². The second-order valence-corrected chi connectivity index (χ2v) is 10.5. The Morgan fingerprint density at radius 3 is 2.31 bits per heavy atom. The Morgan fingerprint density at radius 2 is 1.69 bits per heavy atom. The molecule has 0 unspecified atom stereocenters. The third kappa shape index (κ3) is 3.68. The second-order valence-electron chi connectivity index (χ2n) is 9.38. The third-order valence-corrected chi connectivity index (χ3v) is 8.25. The van der Waals surface area contributed by atoms with Crippen molar-refractivity contribution in [2.24, 2.45) is 17.8 Å². The largest absolute Gasteiger partial charge is 0.496 e. The number of ether oxygens (including phenoxy) is 1. The van der Waals surface area contributed by atoms with E-state index in [9.17, 15) is 4.79 Å². The van der Waals surface area contributed by atoms with Crippen molar-refractivity contribution in [3.63, 3.8) is 0 Å². The van der Waals surface area contributed by atoms with Crippen molar-refractivity contribution in [2.45, 2.75) is 60.2 Å². The van der Waals surface area contributed by atoms with E-state index in [1.807, 2.05) is 18.2 Å². The lowest BCUT2D eigenvalue weighted by molar-refractivity contribution is -0.136. The molecular formula is C25H28O3S. The van der Waals surface area contributed by atoms with Crippen molar-refractivity contribution < 1.29 is 14.6 Å². The van der Waals surface area contributed by atoms with E-state index in [4.69, 9.17) is 9.84 Å². The van der Waals surface area contributed by atoms with Crippen LogP contribution in [0.2, 0.25) is 0 Å². The first-order chi connectivity index (χ1) is 14.0. The van der Waals surface area contributed by atoms with E-state index in [0.29, 0.717) is 5.41 Å². The molecule has 4 fully saturated rings. The smallest absolute Gasteiger partial charge is 0.307 e. The van der Waals surface area contributed by atoms with Crippen molar-refractivity contribution >= 4 is 17.7 Å². The van der Waals surface area contributed by atoms with Crippen LogP contribution in [0.5, 0.6) is 5.75 Å². The van der Waals surface area contributed by atoms with Gasteiger partial charge in [-0.2, -0.15) is 0 Å². The van der Waals surface area contributed by atoms with Crippen LogP contribution in [0.15, 0.2) is 52.3 Å². The highest BCUT2D eigenvalue weighted by Crippen LogP contribution is 2.62. The van der Waals surface area contributed by atoms with E-state index >= 15 is 0 Å². The SMILES string of the molecule is COc1ccc(Sc2cccc(CC(=O)O)c2)cc1C12CC3CC(CC(C3)C1)C2. The molecule has 3 nitrogen and oxygen atoms in total. The summed E-state index contributed by atoms with van der Waals surface area (Å²) in [7, 11) is 1.79. The molecule has 0 amide bonds. The summed E-state index contributed by atoms with van der Waals surface area (Å²) in [4.78, 5) is 13.3. The molecule has 0 saturated heterocycles. The molecular weight excluding hydrogens is 380 g/mol. The Balaban J connectivity index is 1.46. The molecule has 1 N–H and O–H groups in total. The van der Waals surface area contributed by atoms with Crippen LogP contribution in [0.3, 0.4) is 0 Å². The van der Waals surface area contributed by atoms with Crippen LogP contribution in [0.4, 0.5) is 0 Å². The number of aliphatic carboxylic acids is 1. The Morgan fingerprint density at radius 1 is 1.03 bits per heavy atom. The molecule has 0 atom stereocenters. The summed E-state index contributed by atoms with van der Waals surface area (Å²) in [6.45, 7) is 0. The zero-order valence-electron chi connectivity index (χ0n) is 16.9. The van der Waals surface area contributed by atoms with E-state index in [2.05, 4.69) is 24.3 Å². The first-order valence-corrected chi connectivity index (χ1v) is 11.5. The molecule has 0 aromatic heterocycles. The Hall–Kier alpha value is -1.94. The quantitative estimate of drug-likeness (QED) is 0.642. The summed E-state index contributed by atoms with van der Waals surface area (Å²) >= 11 is 1.72. The van der Waals surface area contributed by atoms with E-state index in [1.54, 1.807) is 18.9 Å². The number of carbonyl (C=O) groups is 1. The lowest BCUT2D eigenvalue weighted by atomic mass is 9.48. The number of rotatable bonds is 6. The zero-order valence-corrected chi connectivity index (χ0v) is 17.7. The standard InChI is InChI=1S/C25H28O3S/c1-28-23-6-5-21(29-20-4-2-3-16(10-20)11-24(26)27)12-22(23)25-13-17-7-18(14-25)9-19(8-17)15-25/h2-6,10,12,17-19H,7-9,11,13-15H2,1H3,(H,26,27). The molecule has 4 aliphatic rings. The summed E-state index contributed by atoms with van der Waals surface area (Å²) in [5.74, 6) is 2.94. The average Bonchev–Trinajstić information content (AvgIpc) is 2.67. The van der Waals surface area contributed by atoms with Gasteiger partial charge in [0.05, 0.1) is 13.5 Å². The third-order valence-electron chi connectivity index (χ3n) is 7.27. The normalized spacial score (nSPS) is 29.8.